The third-order valence-electron chi connectivity index (χ3n) is 4.13. The van der Waals surface area contributed by atoms with Gasteiger partial charge in [0.25, 0.3) is 5.56 Å². The summed E-state index contributed by atoms with van der Waals surface area (Å²) in [5, 5.41) is 38.4. The highest BCUT2D eigenvalue weighted by Crippen LogP contribution is 2.42. The van der Waals surface area contributed by atoms with E-state index in [-0.39, 0.29) is 29.5 Å². The van der Waals surface area contributed by atoms with Gasteiger partial charge < -0.3 is 36.0 Å². The zero-order valence-electron chi connectivity index (χ0n) is 12.6. The Morgan fingerprint density at radius 2 is 2.08 bits per heavy atom. The van der Waals surface area contributed by atoms with Gasteiger partial charge in [0.15, 0.2) is 0 Å². The number of aromatic amines is 1. The summed E-state index contributed by atoms with van der Waals surface area (Å²) in [6, 6.07) is 0. The van der Waals surface area contributed by atoms with Crippen LogP contribution >= 0.6 is 0 Å². The van der Waals surface area contributed by atoms with Gasteiger partial charge in [-0.1, -0.05) is 0 Å². The van der Waals surface area contributed by atoms with Crippen LogP contribution in [0.1, 0.15) is 24.8 Å². The fourth-order valence-corrected chi connectivity index (χ4v) is 2.89. The SMILES string of the molecule is Nn1c(=O)[nH]cc([C@]2(CCCC(=O)O)O[C@H](CO)[C@@H](O)[C@H]2O)c1=O. The number of hydrogen-bond acceptors (Lipinski definition) is 8. The number of aliphatic hydroxyl groups is 3. The van der Waals surface area contributed by atoms with Crippen LogP contribution in [0.15, 0.2) is 15.8 Å². The molecule has 0 radical (unpaired) electrons. The van der Waals surface area contributed by atoms with Gasteiger partial charge in [-0.2, -0.15) is 4.68 Å². The highest BCUT2D eigenvalue weighted by atomic mass is 16.6. The van der Waals surface area contributed by atoms with Crippen LogP contribution in [-0.2, 0) is 15.1 Å². The van der Waals surface area contributed by atoms with Crippen molar-refractivity contribution >= 4 is 5.97 Å². The van der Waals surface area contributed by atoms with E-state index < -0.39 is 47.7 Å². The lowest BCUT2D eigenvalue weighted by Gasteiger charge is -2.31. The van der Waals surface area contributed by atoms with Crippen molar-refractivity contribution in [2.45, 2.75) is 43.2 Å². The molecule has 0 aliphatic carbocycles. The van der Waals surface area contributed by atoms with E-state index in [1.165, 1.54) is 0 Å². The largest absolute Gasteiger partial charge is 0.481 e. The average molecular weight is 345 g/mol. The number of aliphatic carboxylic acids is 1. The van der Waals surface area contributed by atoms with Crippen LogP contribution in [0.2, 0.25) is 0 Å². The third-order valence-corrected chi connectivity index (χ3v) is 4.13. The molecule has 11 heteroatoms. The van der Waals surface area contributed by atoms with E-state index in [1.54, 1.807) is 0 Å². The van der Waals surface area contributed by atoms with Crippen LogP contribution in [0.25, 0.3) is 0 Å². The van der Waals surface area contributed by atoms with Gasteiger partial charge in [0.05, 0.1) is 12.2 Å². The summed E-state index contributed by atoms with van der Waals surface area (Å²) in [5.41, 5.74) is -3.89. The van der Waals surface area contributed by atoms with E-state index in [9.17, 15) is 29.7 Å². The molecule has 0 bridgehead atoms. The summed E-state index contributed by atoms with van der Waals surface area (Å²) < 4.78 is 5.81. The number of nitrogens with zero attached hydrogens (tertiary/aromatic N) is 1. The van der Waals surface area contributed by atoms with E-state index in [0.29, 0.717) is 0 Å². The Morgan fingerprint density at radius 3 is 2.62 bits per heavy atom. The summed E-state index contributed by atoms with van der Waals surface area (Å²) in [7, 11) is 0. The molecule has 11 nitrogen and oxygen atoms in total. The Hall–Kier alpha value is -2.21. The summed E-state index contributed by atoms with van der Waals surface area (Å²) >= 11 is 0. The minimum Gasteiger partial charge on any atom is -0.481 e. The molecule has 2 rings (SSSR count). The number of rotatable bonds is 6. The predicted molar refractivity (Wildman–Crippen MR) is 78.6 cm³/mol. The van der Waals surface area contributed by atoms with E-state index in [1.807, 2.05) is 0 Å². The van der Waals surface area contributed by atoms with E-state index >= 15 is 0 Å². The number of H-pyrrole nitrogens is 1. The maximum absolute atomic E-state index is 12.3. The molecule has 1 aliphatic rings. The van der Waals surface area contributed by atoms with Crippen LogP contribution in [0, 0.1) is 0 Å². The van der Waals surface area contributed by atoms with Crippen molar-refractivity contribution in [2.75, 3.05) is 12.4 Å². The van der Waals surface area contributed by atoms with Gasteiger partial charge >= 0.3 is 11.7 Å². The molecule has 1 saturated heterocycles. The smallest absolute Gasteiger partial charge is 0.347 e. The van der Waals surface area contributed by atoms with E-state index in [2.05, 4.69) is 4.98 Å². The van der Waals surface area contributed by atoms with Gasteiger partial charge in [-0.05, 0) is 12.8 Å². The van der Waals surface area contributed by atoms with Crippen molar-refractivity contribution in [3.63, 3.8) is 0 Å². The Labute approximate surface area is 134 Å². The lowest BCUT2D eigenvalue weighted by molar-refractivity contribution is -0.138. The summed E-state index contributed by atoms with van der Waals surface area (Å²) in [6.07, 6.45) is -3.69. The number of carbonyl (C=O) groups is 1. The molecule has 1 aromatic rings. The van der Waals surface area contributed by atoms with Gasteiger partial charge in [-0.15, -0.1) is 0 Å². The number of carboxylic acids is 1. The lowest BCUT2D eigenvalue weighted by Crippen LogP contribution is -2.50. The second-order valence-corrected chi connectivity index (χ2v) is 5.59. The predicted octanol–water partition coefficient (Wildman–Crippen LogP) is -3.19. The number of nitrogen functional groups attached to an aromatic ring is 1. The number of ether oxygens (including phenoxy) is 1. The molecule has 4 atom stereocenters. The number of nitrogens with two attached hydrogens (primary N) is 1. The average Bonchev–Trinajstić information content (AvgIpc) is 2.78. The normalized spacial score (nSPS) is 29.7. The molecular formula is C13H19N3O8. The van der Waals surface area contributed by atoms with Crippen molar-refractivity contribution in [1.82, 2.24) is 9.66 Å². The summed E-state index contributed by atoms with van der Waals surface area (Å²) in [6.45, 7) is -0.626. The maximum Gasteiger partial charge on any atom is 0.347 e. The Morgan fingerprint density at radius 1 is 1.42 bits per heavy atom. The number of carboxylic acid groups (broad SMARTS) is 1. The molecule has 0 saturated carbocycles. The van der Waals surface area contributed by atoms with Crippen molar-refractivity contribution in [3.05, 3.63) is 32.6 Å². The van der Waals surface area contributed by atoms with Gasteiger partial charge in [0, 0.05) is 12.6 Å². The zero-order chi connectivity index (χ0) is 18.1. The maximum atomic E-state index is 12.3. The molecule has 1 fully saturated rings. The summed E-state index contributed by atoms with van der Waals surface area (Å²) in [4.78, 5) is 36.6. The number of aromatic nitrogens is 2. The number of nitrogens with one attached hydrogen (secondary N) is 1. The Bertz CT molecular complexity index is 729. The molecule has 0 unspecified atom stereocenters. The first kappa shape index (κ1) is 18.1. The zero-order valence-corrected chi connectivity index (χ0v) is 12.6. The van der Waals surface area contributed by atoms with Crippen LogP contribution < -0.4 is 17.1 Å². The standard InChI is InChI=1S/C13H19N3O8/c14-16-11(22)6(4-15-12(16)23)13(3-1-2-8(18)19)10(21)9(20)7(5-17)24-13/h4,7,9-10,17,20-21H,1-3,5,14H2,(H,15,23)(H,18,19)/t7-,9-,10-,13+/m1/s1. The van der Waals surface area contributed by atoms with Crippen LogP contribution in [0.5, 0.6) is 0 Å². The van der Waals surface area contributed by atoms with Crippen molar-refractivity contribution < 1.29 is 30.0 Å². The summed E-state index contributed by atoms with van der Waals surface area (Å²) in [5.74, 6) is 4.26. The topological polar surface area (TPSA) is 188 Å². The molecular weight excluding hydrogens is 326 g/mol. The molecule has 134 valence electrons. The van der Waals surface area contributed by atoms with Gasteiger partial charge in [0.1, 0.15) is 23.9 Å². The molecule has 0 amide bonds. The minimum absolute atomic E-state index is 0.0143. The monoisotopic (exact) mass is 345 g/mol. The lowest BCUT2D eigenvalue weighted by atomic mass is 9.84. The number of hydrogen-bond donors (Lipinski definition) is 6. The van der Waals surface area contributed by atoms with Crippen molar-refractivity contribution in [1.29, 1.82) is 0 Å². The van der Waals surface area contributed by atoms with Gasteiger partial charge in [-0.3, -0.25) is 9.59 Å². The van der Waals surface area contributed by atoms with Crippen LogP contribution in [0.4, 0.5) is 0 Å². The van der Waals surface area contributed by atoms with Crippen LogP contribution in [0.3, 0.4) is 0 Å². The highest BCUT2D eigenvalue weighted by Gasteiger charge is 2.55. The van der Waals surface area contributed by atoms with Gasteiger partial charge in [-0.25, -0.2) is 4.79 Å². The third kappa shape index (κ3) is 2.94. The number of aliphatic hydroxyl groups excluding tert-OH is 3. The Balaban J connectivity index is 2.52. The molecule has 0 aromatic carbocycles. The molecule has 7 N–H and O–H groups in total. The second kappa shape index (κ2) is 6.73. The molecule has 24 heavy (non-hydrogen) atoms. The van der Waals surface area contributed by atoms with Crippen molar-refractivity contribution in [3.8, 4) is 0 Å². The van der Waals surface area contributed by atoms with E-state index in [4.69, 9.17) is 15.7 Å². The van der Waals surface area contributed by atoms with Crippen LogP contribution in [-0.4, -0.2) is 61.0 Å². The molecule has 0 spiro atoms. The highest BCUT2D eigenvalue weighted by molar-refractivity contribution is 5.66. The first-order chi connectivity index (χ1) is 11.2. The van der Waals surface area contributed by atoms with Crippen molar-refractivity contribution in [2.24, 2.45) is 0 Å². The quantitative estimate of drug-likeness (QED) is 0.289. The molecule has 2 heterocycles. The first-order valence-corrected chi connectivity index (χ1v) is 7.21. The minimum atomic E-state index is -1.80. The molecule has 1 aliphatic heterocycles. The fourth-order valence-electron chi connectivity index (χ4n) is 2.89. The first-order valence-electron chi connectivity index (χ1n) is 7.21. The fraction of sp³-hybridized carbons (Fsp3) is 0.615. The molecule has 1 aromatic heterocycles. The van der Waals surface area contributed by atoms with Gasteiger partial charge in [0.2, 0.25) is 0 Å². The Kier molecular flexibility index (Phi) is 5.08. The second-order valence-electron chi connectivity index (χ2n) is 5.59. The van der Waals surface area contributed by atoms with E-state index in [0.717, 1.165) is 6.20 Å².